The molecule has 34 heavy (non-hydrogen) atoms. The first-order chi connectivity index (χ1) is 16.5. The Morgan fingerprint density at radius 1 is 1.12 bits per heavy atom. The van der Waals surface area contributed by atoms with Crippen molar-refractivity contribution in [2.75, 3.05) is 0 Å². The second-order valence-electron chi connectivity index (χ2n) is 11.3. The maximum atomic E-state index is 13.5. The number of carbonyl (C=O) groups excluding carboxylic acids is 1. The van der Waals surface area contributed by atoms with Crippen molar-refractivity contribution in [2.24, 2.45) is 17.8 Å². The first kappa shape index (κ1) is 23.8. The molecule has 0 aliphatic heterocycles. The Morgan fingerprint density at radius 2 is 1.82 bits per heavy atom. The number of benzene rings is 1. The molecule has 1 amide bonds. The molecule has 2 bridgehead atoms. The van der Waals surface area contributed by atoms with Crippen LogP contribution in [-0.4, -0.2) is 21.9 Å². The second-order valence-corrected chi connectivity index (χ2v) is 12.6. The second kappa shape index (κ2) is 10.3. The number of ether oxygens (including phenoxy) is 1. The van der Waals surface area contributed by atoms with Crippen LogP contribution in [0.15, 0.2) is 39.8 Å². The zero-order valence-corrected chi connectivity index (χ0v) is 21.4. The molecular formula is C28H38N2O3S. The van der Waals surface area contributed by atoms with Crippen molar-refractivity contribution in [3.8, 4) is 5.88 Å². The molecule has 2 unspecified atom stereocenters. The molecule has 3 fully saturated rings. The van der Waals surface area contributed by atoms with Crippen molar-refractivity contribution in [3.63, 3.8) is 0 Å². The van der Waals surface area contributed by atoms with E-state index in [2.05, 4.69) is 24.3 Å². The van der Waals surface area contributed by atoms with Gasteiger partial charge >= 0.3 is 0 Å². The summed E-state index contributed by atoms with van der Waals surface area (Å²) >= 11 is 1.72. The van der Waals surface area contributed by atoms with Gasteiger partial charge < -0.3 is 14.6 Å². The molecule has 1 aromatic carbocycles. The van der Waals surface area contributed by atoms with Gasteiger partial charge in [-0.1, -0.05) is 56.5 Å². The largest absolute Gasteiger partial charge is 0.470 e. The smallest absolute Gasteiger partial charge is 0.291 e. The molecule has 1 N–H and O–H groups in total. The number of fused-ring (bicyclic) bond motifs is 2. The lowest BCUT2D eigenvalue weighted by atomic mass is 9.62. The third-order valence-electron chi connectivity index (χ3n) is 7.91. The van der Waals surface area contributed by atoms with E-state index in [1.54, 1.807) is 11.8 Å². The number of nitrogens with one attached hydrogen (secondary N) is 1. The van der Waals surface area contributed by atoms with Crippen LogP contribution in [0.2, 0.25) is 0 Å². The predicted molar refractivity (Wildman–Crippen MR) is 135 cm³/mol. The van der Waals surface area contributed by atoms with Gasteiger partial charge in [0.2, 0.25) is 5.76 Å². The molecule has 6 heteroatoms. The van der Waals surface area contributed by atoms with Gasteiger partial charge in [0.05, 0.1) is 0 Å². The summed E-state index contributed by atoms with van der Waals surface area (Å²) in [4.78, 5) is 14.3. The molecule has 0 radical (unpaired) electrons. The first-order valence-electron chi connectivity index (χ1n) is 13.1. The molecule has 5 nitrogen and oxygen atoms in total. The lowest BCUT2D eigenvalue weighted by Crippen LogP contribution is -2.52. The van der Waals surface area contributed by atoms with E-state index in [0.29, 0.717) is 35.3 Å². The summed E-state index contributed by atoms with van der Waals surface area (Å²) in [7, 11) is 0. The molecule has 1 heterocycles. The lowest BCUT2D eigenvalue weighted by Gasteiger charge is -2.47. The fourth-order valence-corrected chi connectivity index (χ4v) is 8.04. The Morgan fingerprint density at radius 3 is 2.53 bits per heavy atom. The number of rotatable bonds is 7. The van der Waals surface area contributed by atoms with Gasteiger partial charge in [0.25, 0.3) is 11.8 Å². The van der Waals surface area contributed by atoms with Crippen LogP contribution in [-0.2, 0) is 6.61 Å². The quantitative estimate of drug-likeness (QED) is 0.460. The SMILES string of the molecule is CC1CC2CC(C1)CC(C)(NC(=O)c1onc(OCc3ccccc3)c1SC1CCCCC1)C2. The van der Waals surface area contributed by atoms with Crippen LogP contribution in [0, 0.1) is 17.8 Å². The zero-order valence-electron chi connectivity index (χ0n) is 20.6. The van der Waals surface area contributed by atoms with Crippen molar-refractivity contribution in [2.45, 2.75) is 100 Å². The van der Waals surface area contributed by atoms with Crippen molar-refractivity contribution >= 4 is 17.7 Å². The summed E-state index contributed by atoms with van der Waals surface area (Å²) in [5.41, 5.74) is 0.885. The minimum Gasteiger partial charge on any atom is -0.470 e. The molecule has 0 saturated heterocycles. The zero-order chi connectivity index (χ0) is 23.5. The maximum Gasteiger partial charge on any atom is 0.291 e. The van der Waals surface area contributed by atoms with Gasteiger partial charge in [-0.05, 0) is 80.3 Å². The molecule has 3 aliphatic carbocycles. The fraction of sp³-hybridized carbons (Fsp3) is 0.643. The van der Waals surface area contributed by atoms with Crippen LogP contribution in [0.1, 0.15) is 94.2 Å². The van der Waals surface area contributed by atoms with Crippen molar-refractivity contribution in [1.29, 1.82) is 0 Å². The van der Waals surface area contributed by atoms with E-state index < -0.39 is 0 Å². The Bertz CT molecular complexity index is 951. The summed E-state index contributed by atoms with van der Waals surface area (Å²) in [6.45, 7) is 5.00. The minimum atomic E-state index is -0.185. The van der Waals surface area contributed by atoms with Crippen molar-refractivity contribution < 1.29 is 14.1 Å². The number of carbonyl (C=O) groups is 1. The fourth-order valence-electron chi connectivity index (χ4n) is 6.71. The standard InChI is InChI=1S/C28H38N2O3S/c1-19-13-21-15-22(14-19)17-28(2,16-21)29-26(31)24-25(34-23-11-7-4-8-12-23)27(30-33-24)32-18-20-9-5-3-6-10-20/h3,5-6,9-10,19,21-23H,4,7-8,11-18H2,1-2H3,(H,29,31). The van der Waals surface area contributed by atoms with E-state index in [-0.39, 0.29) is 11.4 Å². The van der Waals surface area contributed by atoms with Crippen LogP contribution in [0.3, 0.4) is 0 Å². The summed E-state index contributed by atoms with van der Waals surface area (Å²) in [6.07, 6.45) is 12.1. The van der Waals surface area contributed by atoms with Gasteiger partial charge in [0.1, 0.15) is 11.5 Å². The number of thioether (sulfide) groups is 1. The van der Waals surface area contributed by atoms with E-state index >= 15 is 0 Å². The highest BCUT2D eigenvalue weighted by Gasteiger charge is 2.42. The molecule has 3 saturated carbocycles. The first-order valence-corrected chi connectivity index (χ1v) is 14.0. The molecule has 1 aromatic heterocycles. The van der Waals surface area contributed by atoms with E-state index in [4.69, 9.17) is 9.26 Å². The third kappa shape index (κ3) is 5.64. The van der Waals surface area contributed by atoms with E-state index in [1.807, 2.05) is 30.3 Å². The van der Waals surface area contributed by atoms with Gasteiger partial charge in [-0.3, -0.25) is 4.79 Å². The van der Waals surface area contributed by atoms with Crippen LogP contribution in [0.4, 0.5) is 0 Å². The lowest BCUT2D eigenvalue weighted by molar-refractivity contribution is 0.0591. The van der Waals surface area contributed by atoms with Crippen LogP contribution in [0.5, 0.6) is 5.88 Å². The van der Waals surface area contributed by atoms with Gasteiger partial charge in [-0.2, -0.15) is 0 Å². The summed E-state index contributed by atoms with van der Waals surface area (Å²) in [6, 6.07) is 10.1. The molecule has 2 atom stereocenters. The molecule has 2 aromatic rings. The highest BCUT2D eigenvalue weighted by molar-refractivity contribution is 8.00. The summed E-state index contributed by atoms with van der Waals surface area (Å²) < 4.78 is 11.8. The van der Waals surface area contributed by atoms with E-state index in [9.17, 15) is 4.79 Å². The maximum absolute atomic E-state index is 13.5. The number of hydrogen-bond acceptors (Lipinski definition) is 5. The van der Waals surface area contributed by atoms with Crippen molar-refractivity contribution in [1.82, 2.24) is 10.5 Å². The normalized spacial score (nSPS) is 29.5. The summed E-state index contributed by atoms with van der Waals surface area (Å²) in [5.74, 6) is 2.86. The van der Waals surface area contributed by atoms with E-state index in [1.165, 1.54) is 38.5 Å². The summed E-state index contributed by atoms with van der Waals surface area (Å²) in [5, 5.41) is 8.08. The van der Waals surface area contributed by atoms with Gasteiger partial charge in [0.15, 0.2) is 0 Å². The van der Waals surface area contributed by atoms with Crippen LogP contribution in [0.25, 0.3) is 0 Å². The number of nitrogens with zero attached hydrogens (tertiary/aromatic N) is 1. The van der Waals surface area contributed by atoms with Gasteiger partial charge in [-0.15, -0.1) is 11.8 Å². The monoisotopic (exact) mass is 482 g/mol. The average Bonchev–Trinajstić information content (AvgIpc) is 3.20. The molecular weight excluding hydrogens is 444 g/mol. The Labute approximate surface area is 207 Å². The third-order valence-corrected chi connectivity index (χ3v) is 9.31. The average molecular weight is 483 g/mol. The molecule has 3 aliphatic rings. The highest BCUT2D eigenvalue weighted by Crippen LogP contribution is 2.47. The highest BCUT2D eigenvalue weighted by atomic mass is 32.2. The minimum absolute atomic E-state index is 0.143. The predicted octanol–water partition coefficient (Wildman–Crippen LogP) is 7.01. The van der Waals surface area contributed by atoms with Crippen LogP contribution >= 0.6 is 11.8 Å². The molecule has 184 valence electrons. The van der Waals surface area contributed by atoms with Gasteiger partial charge in [-0.25, -0.2) is 0 Å². The number of hydrogen-bond donors (Lipinski definition) is 1. The molecule has 5 rings (SSSR count). The van der Waals surface area contributed by atoms with Crippen LogP contribution < -0.4 is 10.1 Å². The van der Waals surface area contributed by atoms with Gasteiger partial charge in [0, 0.05) is 10.8 Å². The topological polar surface area (TPSA) is 64.4 Å². The van der Waals surface area contributed by atoms with Crippen molar-refractivity contribution in [3.05, 3.63) is 41.7 Å². The Kier molecular flexibility index (Phi) is 7.24. The number of amides is 1. The van der Waals surface area contributed by atoms with E-state index in [0.717, 1.165) is 42.1 Å². The molecule has 0 spiro atoms. The Balaban J connectivity index is 1.33. The Hall–Kier alpha value is -1.95. The number of aromatic nitrogens is 1.